The molecule has 0 atom stereocenters. The Kier molecular flexibility index (Phi) is 9.13. The van der Waals surface area contributed by atoms with Crippen molar-refractivity contribution in [2.45, 2.75) is 6.42 Å². The highest BCUT2D eigenvalue weighted by Gasteiger charge is 2.07. The summed E-state index contributed by atoms with van der Waals surface area (Å²) in [6, 6.07) is 21.0. The molecule has 8 heteroatoms. The van der Waals surface area contributed by atoms with Crippen molar-refractivity contribution in [3.63, 3.8) is 0 Å². The normalized spacial score (nSPS) is 10.7. The maximum Gasteiger partial charge on any atom is 0.277 e. The first kappa shape index (κ1) is 23.8. The van der Waals surface area contributed by atoms with Crippen molar-refractivity contribution in [3.8, 4) is 17.2 Å². The summed E-state index contributed by atoms with van der Waals surface area (Å²) in [5, 5.41) is 3.98. The number of ether oxygens (including phenoxy) is 3. The molecule has 3 aromatic rings. The van der Waals surface area contributed by atoms with Gasteiger partial charge in [0.15, 0.2) is 18.1 Å². The molecule has 3 rings (SSSR count). The third-order valence-electron chi connectivity index (χ3n) is 4.33. The third kappa shape index (κ3) is 7.39. The van der Waals surface area contributed by atoms with Crippen LogP contribution in [0.4, 0.5) is 0 Å². The Morgan fingerprint density at radius 2 is 1.75 bits per heavy atom. The van der Waals surface area contributed by atoms with Gasteiger partial charge in [0.05, 0.1) is 24.4 Å². The van der Waals surface area contributed by atoms with E-state index < -0.39 is 0 Å². The van der Waals surface area contributed by atoms with Gasteiger partial charge in [-0.2, -0.15) is 5.10 Å². The Bertz CT molecular complexity index is 1070. The molecule has 0 aliphatic rings. The second kappa shape index (κ2) is 12.3. The summed E-state index contributed by atoms with van der Waals surface area (Å²) in [6.45, 7) is 0.382. The number of nitrogens with zero attached hydrogens (tertiary/aromatic N) is 1. The lowest BCUT2D eigenvalue weighted by atomic mass is 10.2. The predicted molar refractivity (Wildman–Crippen MR) is 132 cm³/mol. The van der Waals surface area contributed by atoms with Crippen LogP contribution >= 0.6 is 31.9 Å². The number of carbonyl (C=O) groups is 1. The smallest absolute Gasteiger partial charge is 0.277 e. The fourth-order valence-electron chi connectivity index (χ4n) is 2.75. The van der Waals surface area contributed by atoms with E-state index in [4.69, 9.17) is 14.2 Å². The van der Waals surface area contributed by atoms with Crippen molar-refractivity contribution in [3.05, 3.63) is 86.8 Å². The molecule has 0 aliphatic heterocycles. The lowest BCUT2D eigenvalue weighted by Crippen LogP contribution is -2.24. The molecule has 3 aromatic carbocycles. The zero-order valence-electron chi connectivity index (χ0n) is 17.4. The molecule has 1 amide bonds. The molecule has 0 heterocycles. The summed E-state index contributed by atoms with van der Waals surface area (Å²) >= 11 is 6.76. The Morgan fingerprint density at radius 3 is 2.50 bits per heavy atom. The number of methoxy groups -OCH3 is 1. The summed E-state index contributed by atoms with van der Waals surface area (Å²) in [7, 11) is 1.58. The van der Waals surface area contributed by atoms with Crippen LogP contribution in [0.2, 0.25) is 0 Å². The molecule has 0 saturated heterocycles. The van der Waals surface area contributed by atoms with Gasteiger partial charge in [-0.1, -0.05) is 46.3 Å². The molecule has 32 heavy (non-hydrogen) atoms. The quantitative estimate of drug-likeness (QED) is 0.267. The van der Waals surface area contributed by atoms with Gasteiger partial charge in [0.1, 0.15) is 5.75 Å². The first-order valence-electron chi connectivity index (χ1n) is 9.79. The molecule has 0 unspecified atom stereocenters. The second-order valence-electron chi connectivity index (χ2n) is 6.65. The zero-order chi connectivity index (χ0) is 22.8. The number of nitrogens with one attached hydrogen (secondary N) is 1. The van der Waals surface area contributed by atoms with Crippen LogP contribution < -0.4 is 19.6 Å². The number of benzene rings is 3. The van der Waals surface area contributed by atoms with Gasteiger partial charge >= 0.3 is 0 Å². The van der Waals surface area contributed by atoms with Crippen LogP contribution in [-0.4, -0.2) is 32.4 Å². The summed E-state index contributed by atoms with van der Waals surface area (Å²) in [5.74, 6) is 1.44. The van der Waals surface area contributed by atoms with Gasteiger partial charge in [0, 0.05) is 10.9 Å². The van der Waals surface area contributed by atoms with E-state index >= 15 is 0 Å². The predicted octanol–water partition coefficient (Wildman–Crippen LogP) is 5.37. The number of rotatable bonds is 10. The monoisotopic (exact) mass is 560 g/mol. The van der Waals surface area contributed by atoms with Crippen molar-refractivity contribution >= 4 is 44.0 Å². The average Bonchev–Trinajstić information content (AvgIpc) is 2.80. The lowest BCUT2D eigenvalue weighted by Gasteiger charge is -2.11. The van der Waals surface area contributed by atoms with Gasteiger partial charge in [-0.05, 0) is 63.5 Å². The maximum absolute atomic E-state index is 12.0. The second-order valence-corrected chi connectivity index (χ2v) is 8.42. The van der Waals surface area contributed by atoms with Crippen LogP contribution in [0.3, 0.4) is 0 Å². The van der Waals surface area contributed by atoms with E-state index in [1.807, 2.05) is 42.5 Å². The molecule has 166 valence electrons. The summed E-state index contributed by atoms with van der Waals surface area (Å²) in [6.07, 6.45) is 2.34. The third-order valence-corrected chi connectivity index (χ3v) is 5.45. The van der Waals surface area contributed by atoms with Crippen molar-refractivity contribution < 1.29 is 19.0 Å². The lowest BCUT2D eigenvalue weighted by molar-refractivity contribution is -0.123. The fraction of sp³-hybridized carbons (Fsp3) is 0.167. The van der Waals surface area contributed by atoms with E-state index in [1.54, 1.807) is 19.2 Å². The van der Waals surface area contributed by atoms with Crippen molar-refractivity contribution in [2.75, 3.05) is 20.3 Å². The highest BCUT2D eigenvalue weighted by Crippen LogP contribution is 2.28. The van der Waals surface area contributed by atoms with Crippen LogP contribution in [0, 0.1) is 0 Å². The van der Waals surface area contributed by atoms with E-state index in [0.29, 0.717) is 23.9 Å². The number of hydrogen-bond acceptors (Lipinski definition) is 5. The highest BCUT2D eigenvalue weighted by molar-refractivity contribution is 9.11. The largest absolute Gasteiger partial charge is 0.493 e. The van der Waals surface area contributed by atoms with E-state index in [9.17, 15) is 4.79 Å². The van der Waals surface area contributed by atoms with Crippen LogP contribution in [0.15, 0.2) is 80.8 Å². The number of carbonyl (C=O) groups excluding carboxylic acids is 1. The Labute approximate surface area is 203 Å². The van der Waals surface area contributed by atoms with Gasteiger partial charge in [-0.25, -0.2) is 5.43 Å². The summed E-state index contributed by atoms with van der Waals surface area (Å²) < 4.78 is 18.4. The Hall–Kier alpha value is -2.84. The average molecular weight is 562 g/mol. The molecular formula is C24H22Br2N2O4. The standard InChI is InChI=1S/C24H22Br2N2O4/c1-30-23-13-18(7-9-22(23)31-12-11-17-5-3-2-4-6-17)15-27-28-24(29)16-32-21-10-8-19(25)14-20(21)26/h2-10,13-15H,11-12,16H2,1H3,(H,28,29)/b27-15+. The molecule has 0 bridgehead atoms. The summed E-state index contributed by atoms with van der Waals surface area (Å²) in [5.41, 5.74) is 4.41. The number of hydrazone groups is 1. The van der Waals surface area contributed by atoms with Crippen LogP contribution in [0.25, 0.3) is 0 Å². The van der Waals surface area contributed by atoms with Crippen LogP contribution in [0.1, 0.15) is 11.1 Å². The first-order valence-corrected chi connectivity index (χ1v) is 11.4. The van der Waals surface area contributed by atoms with Gasteiger partial charge in [-0.15, -0.1) is 0 Å². The van der Waals surface area contributed by atoms with Gasteiger partial charge in [0.2, 0.25) is 0 Å². The molecule has 6 nitrogen and oxygen atoms in total. The van der Waals surface area contributed by atoms with Crippen molar-refractivity contribution in [2.24, 2.45) is 5.10 Å². The molecule has 0 aromatic heterocycles. The minimum absolute atomic E-state index is 0.158. The topological polar surface area (TPSA) is 69.2 Å². The maximum atomic E-state index is 12.0. The first-order chi connectivity index (χ1) is 15.5. The van der Waals surface area contributed by atoms with E-state index in [2.05, 4.69) is 54.5 Å². The fourth-order valence-corrected chi connectivity index (χ4v) is 3.92. The van der Waals surface area contributed by atoms with Gasteiger partial charge in [-0.3, -0.25) is 4.79 Å². The molecule has 0 radical (unpaired) electrons. The minimum atomic E-state index is -0.371. The van der Waals surface area contributed by atoms with Crippen LogP contribution in [-0.2, 0) is 11.2 Å². The summed E-state index contributed by atoms with van der Waals surface area (Å²) in [4.78, 5) is 12.0. The molecule has 0 saturated carbocycles. The Morgan fingerprint density at radius 1 is 0.969 bits per heavy atom. The Balaban J connectivity index is 1.48. The number of amides is 1. The molecule has 1 N–H and O–H groups in total. The van der Waals surface area contributed by atoms with Gasteiger partial charge < -0.3 is 14.2 Å². The van der Waals surface area contributed by atoms with E-state index in [1.165, 1.54) is 11.8 Å². The molecule has 0 spiro atoms. The SMILES string of the molecule is COc1cc(/C=N/NC(=O)COc2ccc(Br)cc2Br)ccc1OCCc1ccccc1. The molecular weight excluding hydrogens is 540 g/mol. The van der Waals surface area contributed by atoms with E-state index in [0.717, 1.165) is 20.9 Å². The van der Waals surface area contributed by atoms with E-state index in [-0.39, 0.29) is 12.5 Å². The highest BCUT2D eigenvalue weighted by atomic mass is 79.9. The zero-order valence-corrected chi connectivity index (χ0v) is 20.6. The van der Waals surface area contributed by atoms with Crippen LogP contribution in [0.5, 0.6) is 17.2 Å². The minimum Gasteiger partial charge on any atom is -0.493 e. The number of hydrogen-bond donors (Lipinski definition) is 1. The molecule has 0 fully saturated rings. The molecule has 0 aliphatic carbocycles. The number of halogens is 2. The van der Waals surface area contributed by atoms with Crippen molar-refractivity contribution in [1.29, 1.82) is 0 Å². The van der Waals surface area contributed by atoms with Crippen molar-refractivity contribution in [1.82, 2.24) is 5.43 Å². The van der Waals surface area contributed by atoms with Gasteiger partial charge in [0.25, 0.3) is 5.91 Å².